The van der Waals surface area contributed by atoms with E-state index in [9.17, 15) is 9.90 Å². The van der Waals surface area contributed by atoms with E-state index in [1.807, 2.05) is 13.8 Å². The average molecular weight is 190 g/mol. The second kappa shape index (κ2) is 5.19. The molecule has 0 radical (unpaired) electrons. The Balaban J connectivity index is 4.57. The molecule has 78 valence electrons. The predicted octanol–water partition coefficient (Wildman–Crippen LogP) is 0.462. The van der Waals surface area contributed by atoms with Gasteiger partial charge in [0, 0.05) is 6.92 Å². The van der Waals surface area contributed by atoms with Crippen molar-refractivity contribution in [2.45, 2.75) is 45.3 Å². The molecule has 0 aliphatic heterocycles. The van der Waals surface area contributed by atoms with Crippen LogP contribution in [0.25, 0.3) is 0 Å². The van der Waals surface area contributed by atoms with Gasteiger partial charge < -0.3 is 14.9 Å². The molecule has 0 aromatic heterocycles. The van der Waals surface area contributed by atoms with E-state index < -0.39 is 24.3 Å². The van der Waals surface area contributed by atoms with Crippen molar-refractivity contribution in [1.29, 1.82) is 0 Å². The standard InChI is InChI=1S/C9H18O4/c1-4-9(5-2,8(12)6-10)13-7(3)11/h8,10,12H,4-6H2,1-3H3. The van der Waals surface area contributed by atoms with Crippen LogP contribution in [0.15, 0.2) is 0 Å². The van der Waals surface area contributed by atoms with Gasteiger partial charge in [0.05, 0.1) is 6.61 Å². The maximum Gasteiger partial charge on any atom is 0.303 e. The number of aliphatic hydroxyl groups is 2. The lowest BCUT2D eigenvalue weighted by atomic mass is 9.90. The van der Waals surface area contributed by atoms with Gasteiger partial charge >= 0.3 is 5.97 Å². The molecule has 0 fully saturated rings. The first-order chi connectivity index (χ1) is 6.02. The van der Waals surface area contributed by atoms with Gasteiger partial charge in [0.2, 0.25) is 0 Å². The summed E-state index contributed by atoms with van der Waals surface area (Å²) in [5.74, 6) is -0.434. The molecule has 0 spiro atoms. The summed E-state index contributed by atoms with van der Waals surface area (Å²) >= 11 is 0. The normalized spacial score (nSPS) is 13.9. The molecule has 0 heterocycles. The molecule has 0 bridgehead atoms. The maximum absolute atomic E-state index is 10.8. The van der Waals surface area contributed by atoms with Gasteiger partial charge in [-0.25, -0.2) is 0 Å². The fourth-order valence-electron chi connectivity index (χ4n) is 1.39. The van der Waals surface area contributed by atoms with Crippen LogP contribution in [0.5, 0.6) is 0 Å². The lowest BCUT2D eigenvalue weighted by Crippen LogP contribution is -2.47. The number of rotatable bonds is 5. The van der Waals surface area contributed by atoms with Crippen LogP contribution in [0, 0.1) is 0 Å². The third kappa shape index (κ3) is 2.97. The van der Waals surface area contributed by atoms with Crippen molar-refractivity contribution in [2.24, 2.45) is 0 Å². The minimum atomic E-state index is -1.01. The monoisotopic (exact) mass is 190 g/mol. The highest BCUT2D eigenvalue weighted by atomic mass is 16.6. The van der Waals surface area contributed by atoms with Gasteiger partial charge in [-0.2, -0.15) is 0 Å². The molecular formula is C9H18O4. The number of carbonyl (C=O) groups is 1. The Morgan fingerprint density at radius 3 is 2.15 bits per heavy atom. The van der Waals surface area contributed by atoms with E-state index in [1.54, 1.807) is 0 Å². The van der Waals surface area contributed by atoms with Crippen LogP contribution in [0.3, 0.4) is 0 Å². The number of aliphatic hydroxyl groups excluding tert-OH is 2. The minimum absolute atomic E-state index is 0.394. The average Bonchev–Trinajstić information content (AvgIpc) is 2.12. The van der Waals surface area contributed by atoms with E-state index in [0.29, 0.717) is 12.8 Å². The molecule has 0 rings (SSSR count). The van der Waals surface area contributed by atoms with Crippen molar-refractivity contribution in [2.75, 3.05) is 6.61 Å². The van der Waals surface area contributed by atoms with Gasteiger partial charge in [0.25, 0.3) is 0 Å². The second-order valence-electron chi connectivity index (χ2n) is 3.06. The zero-order valence-corrected chi connectivity index (χ0v) is 8.41. The molecule has 0 aromatic carbocycles. The third-order valence-electron chi connectivity index (χ3n) is 2.32. The van der Waals surface area contributed by atoms with Crippen LogP contribution in [-0.2, 0) is 9.53 Å². The summed E-state index contributed by atoms with van der Waals surface area (Å²) in [5, 5.41) is 18.3. The first kappa shape index (κ1) is 12.4. The van der Waals surface area contributed by atoms with Crippen molar-refractivity contribution < 1.29 is 19.7 Å². The third-order valence-corrected chi connectivity index (χ3v) is 2.32. The Kier molecular flexibility index (Phi) is 4.95. The van der Waals surface area contributed by atoms with Gasteiger partial charge in [-0.1, -0.05) is 13.8 Å². The molecule has 0 aliphatic carbocycles. The van der Waals surface area contributed by atoms with Gasteiger partial charge in [0.1, 0.15) is 11.7 Å². The highest BCUT2D eigenvalue weighted by molar-refractivity contribution is 5.66. The molecule has 0 amide bonds. The Bertz CT molecular complexity index is 163. The SMILES string of the molecule is CCC(CC)(OC(C)=O)C(O)CO. The molecule has 1 unspecified atom stereocenters. The molecule has 0 aromatic rings. The predicted molar refractivity (Wildman–Crippen MR) is 48.2 cm³/mol. The summed E-state index contributed by atoms with van der Waals surface area (Å²) in [4.78, 5) is 10.8. The molecular weight excluding hydrogens is 172 g/mol. The van der Waals surface area contributed by atoms with E-state index in [0.717, 1.165) is 0 Å². The Morgan fingerprint density at radius 1 is 1.46 bits per heavy atom. The molecule has 1 atom stereocenters. The van der Waals surface area contributed by atoms with Crippen LogP contribution in [-0.4, -0.2) is 34.5 Å². The summed E-state index contributed by atoms with van der Waals surface area (Å²) in [6.45, 7) is 4.52. The summed E-state index contributed by atoms with van der Waals surface area (Å²) in [6, 6.07) is 0. The fraction of sp³-hybridized carbons (Fsp3) is 0.889. The zero-order valence-electron chi connectivity index (χ0n) is 8.41. The number of esters is 1. The lowest BCUT2D eigenvalue weighted by Gasteiger charge is -2.34. The maximum atomic E-state index is 10.8. The summed E-state index contributed by atoms with van der Waals surface area (Å²) in [7, 11) is 0. The van der Waals surface area contributed by atoms with Gasteiger partial charge in [-0.3, -0.25) is 4.79 Å². The largest absolute Gasteiger partial charge is 0.456 e. The molecule has 4 heteroatoms. The quantitative estimate of drug-likeness (QED) is 0.618. The summed E-state index contributed by atoms with van der Waals surface area (Å²) < 4.78 is 5.04. The van der Waals surface area contributed by atoms with E-state index in [4.69, 9.17) is 9.84 Å². The van der Waals surface area contributed by atoms with Crippen molar-refractivity contribution in [1.82, 2.24) is 0 Å². The summed E-state index contributed by atoms with van der Waals surface area (Å²) in [6.07, 6.45) is -0.0262. The van der Waals surface area contributed by atoms with Crippen LogP contribution >= 0.6 is 0 Å². The van der Waals surface area contributed by atoms with Crippen molar-refractivity contribution in [3.63, 3.8) is 0 Å². The van der Waals surface area contributed by atoms with Crippen LogP contribution in [0.2, 0.25) is 0 Å². The Hall–Kier alpha value is -0.610. The number of carbonyl (C=O) groups excluding carboxylic acids is 1. The second-order valence-corrected chi connectivity index (χ2v) is 3.06. The molecule has 0 aliphatic rings. The topological polar surface area (TPSA) is 66.8 Å². The van der Waals surface area contributed by atoms with E-state index in [1.165, 1.54) is 6.92 Å². The van der Waals surface area contributed by atoms with Crippen LogP contribution < -0.4 is 0 Å². The number of hydrogen-bond acceptors (Lipinski definition) is 4. The Labute approximate surface area is 78.5 Å². The van der Waals surface area contributed by atoms with E-state index in [2.05, 4.69) is 0 Å². The number of ether oxygens (including phenoxy) is 1. The molecule has 13 heavy (non-hydrogen) atoms. The van der Waals surface area contributed by atoms with Crippen molar-refractivity contribution >= 4 is 5.97 Å². The van der Waals surface area contributed by atoms with Gasteiger partial charge in [-0.15, -0.1) is 0 Å². The zero-order chi connectivity index (χ0) is 10.5. The minimum Gasteiger partial charge on any atom is -0.456 e. The smallest absolute Gasteiger partial charge is 0.303 e. The first-order valence-electron chi connectivity index (χ1n) is 4.51. The number of hydrogen-bond donors (Lipinski definition) is 2. The molecule has 0 saturated heterocycles. The van der Waals surface area contributed by atoms with Crippen molar-refractivity contribution in [3.8, 4) is 0 Å². The van der Waals surface area contributed by atoms with E-state index >= 15 is 0 Å². The highest BCUT2D eigenvalue weighted by Crippen LogP contribution is 2.25. The van der Waals surface area contributed by atoms with Gasteiger partial charge in [0.15, 0.2) is 0 Å². The van der Waals surface area contributed by atoms with Crippen LogP contribution in [0.4, 0.5) is 0 Å². The van der Waals surface area contributed by atoms with Gasteiger partial charge in [-0.05, 0) is 12.8 Å². The van der Waals surface area contributed by atoms with E-state index in [-0.39, 0.29) is 0 Å². The molecule has 4 nitrogen and oxygen atoms in total. The Morgan fingerprint density at radius 2 is 1.92 bits per heavy atom. The van der Waals surface area contributed by atoms with Crippen LogP contribution in [0.1, 0.15) is 33.6 Å². The molecule has 0 saturated carbocycles. The summed E-state index contributed by atoms with van der Waals surface area (Å²) in [5.41, 5.74) is -0.930. The molecule has 2 N–H and O–H groups in total. The fourth-order valence-corrected chi connectivity index (χ4v) is 1.39. The first-order valence-corrected chi connectivity index (χ1v) is 4.51. The van der Waals surface area contributed by atoms with Crippen molar-refractivity contribution in [3.05, 3.63) is 0 Å². The lowest BCUT2D eigenvalue weighted by molar-refractivity contribution is -0.176. The highest BCUT2D eigenvalue weighted by Gasteiger charge is 2.37.